The van der Waals surface area contributed by atoms with Crippen molar-refractivity contribution in [2.45, 2.75) is 58.3 Å². The summed E-state index contributed by atoms with van der Waals surface area (Å²) in [7, 11) is 0. The van der Waals surface area contributed by atoms with Crippen LogP contribution < -0.4 is 16.5 Å². The number of hydrogen-bond acceptors (Lipinski definition) is 4. The number of amides is 1. The number of para-hydroxylation sites is 1. The quantitative estimate of drug-likeness (QED) is 0.173. The van der Waals surface area contributed by atoms with E-state index < -0.39 is 11.2 Å². The molecule has 0 bridgehead atoms. The standard InChI is InChI=1S/C26H31Cl2N3O3/c1-2-3-4-5-6-7-8-9-13-30-26(34)18-12-10-11-17-23(18)31-22(25(33)24(17)32)16-14-19(27)21(29)20(28)15-16/h10-12,14-15,33H,2-9,13,29H2,1H3,(H,30,34)(H,31,32). The van der Waals surface area contributed by atoms with Crippen molar-refractivity contribution in [2.24, 2.45) is 0 Å². The van der Waals surface area contributed by atoms with Gasteiger partial charge < -0.3 is 21.1 Å². The second-order valence-corrected chi connectivity index (χ2v) is 9.30. The first-order valence-corrected chi connectivity index (χ1v) is 12.5. The number of carbonyl (C=O) groups is 1. The van der Waals surface area contributed by atoms with Crippen molar-refractivity contribution in [3.8, 4) is 17.0 Å². The van der Waals surface area contributed by atoms with Crippen LogP contribution in [0, 0.1) is 0 Å². The van der Waals surface area contributed by atoms with Gasteiger partial charge >= 0.3 is 0 Å². The summed E-state index contributed by atoms with van der Waals surface area (Å²) in [4.78, 5) is 28.8. The molecule has 0 atom stereocenters. The maximum atomic E-state index is 12.9. The van der Waals surface area contributed by atoms with Crippen molar-refractivity contribution in [3.63, 3.8) is 0 Å². The van der Waals surface area contributed by atoms with E-state index in [0.29, 0.717) is 23.2 Å². The minimum absolute atomic E-state index is 0.115. The maximum Gasteiger partial charge on any atom is 0.253 e. The monoisotopic (exact) mass is 503 g/mol. The number of aromatic amines is 1. The zero-order valence-corrected chi connectivity index (χ0v) is 20.9. The van der Waals surface area contributed by atoms with Crippen molar-refractivity contribution in [1.29, 1.82) is 0 Å². The van der Waals surface area contributed by atoms with Crippen LogP contribution in [0.3, 0.4) is 0 Å². The van der Waals surface area contributed by atoms with Gasteiger partial charge in [0.05, 0.1) is 37.9 Å². The summed E-state index contributed by atoms with van der Waals surface area (Å²) >= 11 is 12.3. The Morgan fingerprint density at radius 1 is 1.03 bits per heavy atom. The SMILES string of the molecule is CCCCCCCCCCNC(=O)c1cccc2c(=O)c(O)c(-c3cc(Cl)c(N)c(Cl)c3)[nH]c12. The summed E-state index contributed by atoms with van der Waals surface area (Å²) in [6.45, 7) is 2.77. The van der Waals surface area contributed by atoms with Crippen molar-refractivity contribution in [2.75, 3.05) is 12.3 Å². The van der Waals surface area contributed by atoms with E-state index in [1.165, 1.54) is 44.2 Å². The van der Waals surface area contributed by atoms with Crippen LogP contribution >= 0.6 is 23.2 Å². The number of H-pyrrole nitrogens is 1. The molecule has 1 aromatic heterocycles. The molecular formula is C26H31Cl2N3O3. The number of rotatable bonds is 11. The van der Waals surface area contributed by atoms with Crippen LogP contribution in [0.1, 0.15) is 68.6 Å². The largest absolute Gasteiger partial charge is 0.503 e. The maximum absolute atomic E-state index is 12.9. The molecule has 34 heavy (non-hydrogen) atoms. The Balaban J connectivity index is 1.78. The van der Waals surface area contributed by atoms with Crippen molar-refractivity contribution >= 4 is 45.7 Å². The van der Waals surface area contributed by atoms with Gasteiger partial charge in [0.1, 0.15) is 0 Å². The van der Waals surface area contributed by atoms with Gasteiger partial charge in [-0.15, -0.1) is 0 Å². The van der Waals surface area contributed by atoms with Crippen LogP contribution in [0.15, 0.2) is 35.1 Å². The Morgan fingerprint density at radius 2 is 1.65 bits per heavy atom. The first-order chi connectivity index (χ1) is 16.3. The first kappa shape index (κ1) is 25.9. The Hall–Kier alpha value is -2.70. The number of nitrogens with one attached hydrogen (secondary N) is 2. The van der Waals surface area contributed by atoms with E-state index in [-0.39, 0.29) is 32.7 Å². The van der Waals surface area contributed by atoms with Crippen molar-refractivity contribution in [1.82, 2.24) is 10.3 Å². The Kier molecular flexibility index (Phi) is 9.25. The van der Waals surface area contributed by atoms with E-state index in [0.717, 1.165) is 19.3 Å². The lowest BCUT2D eigenvalue weighted by atomic mass is 10.0. The Bertz CT molecular complexity index is 1200. The molecule has 0 aliphatic carbocycles. The molecule has 3 rings (SSSR count). The fourth-order valence-corrected chi connectivity index (χ4v) is 4.47. The lowest BCUT2D eigenvalue weighted by molar-refractivity contribution is 0.0954. The molecule has 0 radical (unpaired) electrons. The molecule has 182 valence electrons. The molecule has 5 N–H and O–H groups in total. The van der Waals surface area contributed by atoms with Crippen LogP contribution in [0.2, 0.25) is 10.0 Å². The smallest absolute Gasteiger partial charge is 0.253 e. The second-order valence-electron chi connectivity index (χ2n) is 8.49. The summed E-state index contributed by atoms with van der Waals surface area (Å²) in [6.07, 6.45) is 9.45. The number of aromatic nitrogens is 1. The molecule has 1 amide bonds. The van der Waals surface area contributed by atoms with Gasteiger partial charge in [0.15, 0.2) is 5.75 Å². The molecule has 2 aromatic carbocycles. The Labute approximate surface area is 209 Å². The highest BCUT2D eigenvalue weighted by Gasteiger charge is 2.19. The molecule has 6 nitrogen and oxygen atoms in total. The van der Waals surface area contributed by atoms with Crippen LogP contribution in [0.4, 0.5) is 5.69 Å². The summed E-state index contributed by atoms with van der Waals surface area (Å²) in [5.74, 6) is -0.768. The number of nitrogens with two attached hydrogens (primary N) is 1. The van der Waals surface area contributed by atoms with Gasteiger partial charge in [-0.1, -0.05) is 81.1 Å². The normalized spacial score (nSPS) is 11.1. The zero-order chi connectivity index (χ0) is 24.7. The third-order valence-corrected chi connectivity index (χ3v) is 6.56. The summed E-state index contributed by atoms with van der Waals surface area (Å²) in [6, 6.07) is 7.84. The minimum Gasteiger partial charge on any atom is -0.503 e. The zero-order valence-electron chi connectivity index (χ0n) is 19.3. The predicted octanol–water partition coefficient (Wildman–Crippen LogP) is 6.66. The number of nitrogen functional groups attached to an aromatic ring is 1. The third-order valence-electron chi connectivity index (χ3n) is 5.94. The summed E-state index contributed by atoms with van der Waals surface area (Å²) in [5, 5.41) is 14.1. The number of unbranched alkanes of at least 4 members (excludes halogenated alkanes) is 7. The summed E-state index contributed by atoms with van der Waals surface area (Å²) in [5.41, 5.74) is 6.57. The Morgan fingerprint density at radius 3 is 2.29 bits per heavy atom. The van der Waals surface area contributed by atoms with E-state index in [1.54, 1.807) is 18.2 Å². The number of halogens is 2. The topological polar surface area (TPSA) is 108 Å². The molecule has 8 heteroatoms. The highest BCUT2D eigenvalue weighted by atomic mass is 35.5. The number of anilines is 1. The summed E-state index contributed by atoms with van der Waals surface area (Å²) < 4.78 is 0. The molecule has 0 aliphatic rings. The minimum atomic E-state index is -0.592. The van der Waals surface area contributed by atoms with Crippen LogP contribution in [0.5, 0.6) is 5.75 Å². The number of pyridine rings is 1. The van der Waals surface area contributed by atoms with Gasteiger partial charge in [-0.25, -0.2) is 0 Å². The number of hydrogen-bond donors (Lipinski definition) is 4. The molecule has 0 saturated heterocycles. The molecule has 0 unspecified atom stereocenters. The average molecular weight is 504 g/mol. The lowest BCUT2D eigenvalue weighted by Gasteiger charge is -2.12. The van der Waals surface area contributed by atoms with Gasteiger partial charge in [0.2, 0.25) is 5.43 Å². The van der Waals surface area contributed by atoms with Crippen LogP contribution in [-0.2, 0) is 0 Å². The van der Waals surface area contributed by atoms with Crippen molar-refractivity contribution in [3.05, 3.63) is 56.2 Å². The molecule has 1 heterocycles. The van der Waals surface area contributed by atoms with Crippen LogP contribution in [-0.4, -0.2) is 22.5 Å². The number of benzene rings is 2. The molecule has 0 fully saturated rings. The van der Waals surface area contributed by atoms with Crippen molar-refractivity contribution < 1.29 is 9.90 Å². The van der Waals surface area contributed by atoms with Crippen LogP contribution in [0.25, 0.3) is 22.2 Å². The van der Waals surface area contributed by atoms with E-state index in [1.807, 2.05) is 0 Å². The number of fused-ring (bicyclic) bond motifs is 1. The third kappa shape index (κ3) is 6.05. The lowest BCUT2D eigenvalue weighted by Crippen LogP contribution is -2.25. The van der Waals surface area contributed by atoms with Gasteiger partial charge in [0.25, 0.3) is 5.91 Å². The molecule has 0 aliphatic heterocycles. The number of aromatic hydroxyl groups is 1. The molecule has 3 aromatic rings. The predicted molar refractivity (Wildman–Crippen MR) is 141 cm³/mol. The second kappa shape index (κ2) is 12.1. The van der Waals surface area contributed by atoms with E-state index in [4.69, 9.17) is 28.9 Å². The fourth-order valence-electron chi connectivity index (χ4n) is 3.98. The first-order valence-electron chi connectivity index (χ1n) is 11.8. The highest BCUT2D eigenvalue weighted by Crippen LogP contribution is 2.36. The number of carbonyl (C=O) groups excluding carboxylic acids is 1. The van der Waals surface area contributed by atoms with E-state index in [9.17, 15) is 14.7 Å². The van der Waals surface area contributed by atoms with Gasteiger partial charge in [-0.3, -0.25) is 9.59 Å². The average Bonchev–Trinajstić information content (AvgIpc) is 2.82. The molecule has 0 saturated carbocycles. The molecular weight excluding hydrogens is 473 g/mol. The van der Waals surface area contributed by atoms with E-state index >= 15 is 0 Å². The van der Waals surface area contributed by atoms with Gasteiger partial charge in [-0.2, -0.15) is 0 Å². The van der Waals surface area contributed by atoms with Gasteiger partial charge in [0, 0.05) is 12.1 Å². The van der Waals surface area contributed by atoms with Gasteiger partial charge in [-0.05, 0) is 30.7 Å². The molecule has 0 spiro atoms. The van der Waals surface area contributed by atoms with E-state index in [2.05, 4.69) is 17.2 Å². The highest BCUT2D eigenvalue weighted by molar-refractivity contribution is 6.39. The fraction of sp³-hybridized carbons (Fsp3) is 0.385.